The lowest BCUT2D eigenvalue weighted by molar-refractivity contribution is 0.588. The van der Waals surface area contributed by atoms with Crippen LogP contribution >= 0.6 is 0 Å². The highest BCUT2D eigenvalue weighted by Crippen LogP contribution is 2.31. The largest absolute Gasteiger partial charge is 0.349 e. The van der Waals surface area contributed by atoms with Crippen molar-refractivity contribution < 1.29 is 0 Å². The summed E-state index contributed by atoms with van der Waals surface area (Å²) in [6.45, 7) is 56.3. The Hall–Kier alpha value is -4.19. The molecule has 0 saturated carbocycles. The molecule has 0 aliphatic rings. The maximum atomic E-state index is 11.7. The summed E-state index contributed by atoms with van der Waals surface area (Å²) in [5, 5.41) is 7.16. The van der Waals surface area contributed by atoms with Crippen molar-refractivity contribution in [3.63, 3.8) is 0 Å². The fraction of sp³-hybridized carbons (Fsp3) is 0.582. The van der Waals surface area contributed by atoms with Gasteiger partial charge >= 0.3 is 0 Å². The smallest absolute Gasteiger partial charge is 0.253 e. The lowest BCUT2D eigenvalue weighted by atomic mass is 9.85. The molecule has 61 heavy (non-hydrogen) atoms. The Morgan fingerprint density at radius 2 is 0.902 bits per heavy atom. The Labute approximate surface area is 374 Å². The van der Waals surface area contributed by atoms with E-state index in [1.807, 2.05) is 34.7 Å². The third-order valence-electron chi connectivity index (χ3n) is 13.3. The summed E-state index contributed by atoms with van der Waals surface area (Å²) >= 11 is 0. The molecule has 0 unspecified atom stereocenters. The van der Waals surface area contributed by atoms with Crippen LogP contribution in [-0.2, 0) is 7.05 Å². The number of hydrogen-bond acceptors (Lipinski definition) is 3. The number of rotatable bonds is 5. The van der Waals surface area contributed by atoms with Crippen molar-refractivity contribution in [3.8, 4) is 0 Å². The van der Waals surface area contributed by atoms with Crippen molar-refractivity contribution in [2.24, 2.45) is 7.05 Å². The molecule has 5 rings (SSSR count). The number of H-pyrrole nitrogens is 1. The molecule has 0 aliphatic carbocycles. The van der Waals surface area contributed by atoms with Crippen LogP contribution in [0.1, 0.15) is 211 Å². The molecule has 1 N–H and O–H groups in total. The molecule has 0 spiro atoms. The van der Waals surface area contributed by atoms with Crippen LogP contribution in [0.5, 0.6) is 0 Å². The summed E-state index contributed by atoms with van der Waals surface area (Å²) in [6.07, 6.45) is 2.15. The molecular formula is C55H89N5O. The van der Waals surface area contributed by atoms with Crippen LogP contribution in [0, 0.1) is 111 Å². The molecular weight excluding hydrogens is 747 g/mol. The molecule has 0 fully saturated rings. The first-order chi connectivity index (χ1) is 27.9. The SMILES string of the molecule is Cc1[nH]nc(C(C)C)c1C.Cc1c(C(C)C)c(C)n(C)c(=O)c1C.Cc1c(C)c(C)c(C(C)C)c(C)c1C.Cc1ccn(C(C)C)c1C.Cc1nc(C)c(C(C)C)c(C)c1C. The summed E-state index contributed by atoms with van der Waals surface area (Å²) in [5.41, 5.74) is 26.5. The molecule has 4 aromatic heterocycles. The predicted molar refractivity (Wildman–Crippen MR) is 268 cm³/mol. The Balaban J connectivity index is 0.000000384. The number of aromatic nitrogens is 5. The number of nitrogens with zero attached hydrogens (tertiary/aromatic N) is 4. The molecule has 4 heterocycles. The van der Waals surface area contributed by atoms with Crippen molar-refractivity contribution in [1.29, 1.82) is 0 Å². The lowest BCUT2D eigenvalue weighted by Gasteiger charge is -2.21. The topological polar surface area (TPSA) is 68.5 Å². The highest BCUT2D eigenvalue weighted by molar-refractivity contribution is 5.50. The minimum absolute atomic E-state index is 0.129. The Bertz CT molecular complexity index is 2170. The van der Waals surface area contributed by atoms with Gasteiger partial charge in [-0.1, -0.05) is 55.4 Å². The van der Waals surface area contributed by atoms with Crippen LogP contribution < -0.4 is 5.56 Å². The number of aromatic amines is 1. The van der Waals surface area contributed by atoms with E-state index in [0.717, 1.165) is 16.8 Å². The van der Waals surface area contributed by atoms with E-state index in [0.29, 0.717) is 29.7 Å². The van der Waals surface area contributed by atoms with E-state index in [-0.39, 0.29) is 5.56 Å². The fourth-order valence-electron chi connectivity index (χ4n) is 8.71. The van der Waals surface area contributed by atoms with Gasteiger partial charge in [-0.25, -0.2) is 0 Å². The van der Waals surface area contributed by atoms with Gasteiger partial charge in [0.25, 0.3) is 5.56 Å². The van der Waals surface area contributed by atoms with Gasteiger partial charge in [-0.05, 0) is 227 Å². The van der Waals surface area contributed by atoms with Crippen molar-refractivity contribution in [2.45, 2.75) is 210 Å². The Morgan fingerprint density at radius 3 is 1.23 bits per heavy atom. The van der Waals surface area contributed by atoms with Gasteiger partial charge in [-0.2, -0.15) is 5.10 Å². The molecule has 0 saturated heterocycles. The van der Waals surface area contributed by atoms with E-state index in [1.165, 1.54) is 89.7 Å². The zero-order chi connectivity index (χ0) is 47.7. The van der Waals surface area contributed by atoms with Crippen LogP contribution in [0.15, 0.2) is 17.1 Å². The van der Waals surface area contributed by atoms with Crippen LogP contribution in [0.4, 0.5) is 0 Å². The first kappa shape index (κ1) is 54.8. The standard InChI is InChI=1S/C14H22.C12H19NO.C12H19N.C9H15N.C8H14N2/c1-8(2)14-12(6)10(4)9(3)11(5)13(14)7;1-7(2)11-8(3)9(4)12(14)13(6)10(11)5;1-7(2)12-9(4)8(3)10(5)13-11(12)6;1-7(2)10-6-5-8(3)9(10)4;1-5(2)8-6(3)7(4)9-10-8/h8H,1-7H3;7H,1-6H3;7H,1-6H3;5-7H,1-4H3;5H,1-4H3,(H,9,10). The molecule has 340 valence electrons. The normalized spacial score (nSPS) is 11.0. The van der Waals surface area contributed by atoms with E-state index in [4.69, 9.17) is 0 Å². The van der Waals surface area contributed by atoms with Gasteiger partial charge < -0.3 is 9.13 Å². The molecule has 6 heteroatoms. The minimum atomic E-state index is 0.129. The molecule has 0 atom stereocenters. The van der Waals surface area contributed by atoms with Crippen LogP contribution in [0.25, 0.3) is 0 Å². The molecule has 0 radical (unpaired) electrons. The second-order valence-electron chi connectivity index (χ2n) is 19.2. The second-order valence-corrected chi connectivity index (χ2v) is 19.2. The van der Waals surface area contributed by atoms with E-state index >= 15 is 0 Å². The van der Waals surface area contributed by atoms with Crippen molar-refractivity contribution >= 4 is 0 Å². The van der Waals surface area contributed by atoms with Gasteiger partial charge in [-0.3, -0.25) is 14.9 Å². The second kappa shape index (κ2) is 23.3. The maximum Gasteiger partial charge on any atom is 0.253 e. The monoisotopic (exact) mass is 836 g/mol. The number of pyridine rings is 2. The summed E-state index contributed by atoms with van der Waals surface area (Å²) in [6, 6.07) is 2.75. The fourth-order valence-corrected chi connectivity index (χ4v) is 8.71. The maximum absolute atomic E-state index is 11.7. The van der Waals surface area contributed by atoms with E-state index in [2.05, 4.69) is 184 Å². The van der Waals surface area contributed by atoms with E-state index < -0.39 is 0 Å². The molecule has 0 amide bonds. The number of aryl methyl sites for hydroxylation is 4. The van der Waals surface area contributed by atoms with Crippen LogP contribution in [-0.4, -0.2) is 24.3 Å². The van der Waals surface area contributed by atoms with Gasteiger partial charge in [0.15, 0.2) is 0 Å². The van der Waals surface area contributed by atoms with Gasteiger partial charge in [0.05, 0.1) is 5.69 Å². The predicted octanol–water partition coefficient (Wildman–Crippen LogP) is 15.1. The van der Waals surface area contributed by atoms with E-state index in [1.54, 1.807) is 10.1 Å². The van der Waals surface area contributed by atoms with Crippen molar-refractivity contribution in [1.82, 2.24) is 24.3 Å². The molecule has 0 bridgehead atoms. The molecule has 5 aromatic rings. The van der Waals surface area contributed by atoms with Gasteiger partial charge in [-0.15, -0.1) is 0 Å². The first-order valence-corrected chi connectivity index (χ1v) is 22.8. The molecule has 6 nitrogen and oxygen atoms in total. The third-order valence-corrected chi connectivity index (χ3v) is 13.3. The van der Waals surface area contributed by atoms with Crippen molar-refractivity contribution in [3.05, 3.63) is 135 Å². The van der Waals surface area contributed by atoms with E-state index in [9.17, 15) is 4.79 Å². The summed E-state index contributed by atoms with van der Waals surface area (Å²) in [7, 11) is 1.84. The van der Waals surface area contributed by atoms with Crippen LogP contribution in [0.3, 0.4) is 0 Å². The number of nitrogens with one attached hydrogen (secondary N) is 1. The number of hydrogen-bond donors (Lipinski definition) is 1. The first-order valence-electron chi connectivity index (χ1n) is 22.8. The highest BCUT2D eigenvalue weighted by atomic mass is 16.1. The summed E-state index contributed by atoms with van der Waals surface area (Å²) < 4.78 is 4.03. The average molecular weight is 836 g/mol. The lowest BCUT2D eigenvalue weighted by Crippen LogP contribution is -2.25. The van der Waals surface area contributed by atoms with Gasteiger partial charge in [0.1, 0.15) is 0 Å². The molecule has 0 aliphatic heterocycles. The molecule has 1 aromatic carbocycles. The zero-order valence-corrected chi connectivity index (χ0v) is 44.2. The zero-order valence-electron chi connectivity index (χ0n) is 44.2. The summed E-state index contributed by atoms with van der Waals surface area (Å²) in [4.78, 5) is 16.3. The average Bonchev–Trinajstić information content (AvgIpc) is 3.69. The Morgan fingerprint density at radius 1 is 0.475 bits per heavy atom. The number of benzene rings is 1. The third kappa shape index (κ3) is 13.4. The quantitative estimate of drug-likeness (QED) is 0.192. The van der Waals surface area contributed by atoms with Gasteiger partial charge in [0.2, 0.25) is 0 Å². The van der Waals surface area contributed by atoms with Gasteiger partial charge in [0, 0.05) is 53.3 Å². The minimum Gasteiger partial charge on any atom is -0.349 e. The summed E-state index contributed by atoms with van der Waals surface area (Å²) in [5.74, 6) is 2.21. The van der Waals surface area contributed by atoms with Crippen LogP contribution in [0.2, 0.25) is 0 Å². The highest BCUT2D eigenvalue weighted by Gasteiger charge is 2.16. The van der Waals surface area contributed by atoms with Crippen molar-refractivity contribution in [2.75, 3.05) is 0 Å². The Kier molecular flexibility index (Phi) is 21.0.